The first-order chi connectivity index (χ1) is 73.2. The number of carbonyl (C=O) groups excluding carboxylic acids is 12. The van der Waals surface area contributed by atoms with Crippen molar-refractivity contribution in [2.45, 2.75) is 33.6 Å². The molecule has 0 spiro atoms. The lowest BCUT2D eigenvalue weighted by molar-refractivity contribution is -0.143. The van der Waals surface area contributed by atoms with E-state index < -0.39 is 84.8 Å². The van der Waals surface area contributed by atoms with Crippen LogP contribution in [-0.4, -0.2) is 544 Å². The van der Waals surface area contributed by atoms with Crippen LogP contribution in [0.25, 0.3) is 0 Å². The van der Waals surface area contributed by atoms with Gasteiger partial charge in [-0.1, -0.05) is 0 Å². The summed E-state index contributed by atoms with van der Waals surface area (Å²) >= 11 is 0. The molecule has 0 aliphatic rings. The number of Topliss-reactive ketones (excluding diaryl/α,β-unsaturated/α-hetero) is 1. The normalized spacial score (nSPS) is 12.6. The molecule has 0 fully saturated rings. The van der Waals surface area contributed by atoms with Crippen LogP contribution in [0.1, 0.15) is 45.9 Å². The predicted molar refractivity (Wildman–Crippen MR) is 489 cm³/mol. The average Bonchev–Trinajstić information content (AvgIpc) is 0.882. The van der Waals surface area contributed by atoms with Crippen molar-refractivity contribution in [1.29, 1.82) is 4.29 Å². The molecule has 824 valence electrons. The highest BCUT2D eigenvalue weighted by Gasteiger charge is 2.37. The third-order valence-corrected chi connectivity index (χ3v) is 16.7. The van der Waals surface area contributed by atoms with Gasteiger partial charge in [-0.2, -0.15) is 0 Å². The number of nitrogens with one attached hydrogen (secondary N) is 3. The first-order valence-corrected chi connectivity index (χ1v) is 45.4. The number of hydrogen-bond acceptors (Lipinski definition) is 48. The Morgan fingerprint density at radius 2 is 0.507 bits per heavy atom. The average molecular weight is 2060 g/mol. The topological polar surface area (TPSA) is 606 Å². The second-order valence-electron chi connectivity index (χ2n) is 29.1. The van der Waals surface area contributed by atoms with Crippen LogP contribution in [0.5, 0.6) is 0 Å². The summed E-state index contributed by atoms with van der Waals surface area (Å²) in [6.45, 7) is 15.3. The van der Waals surface area contributed by atoms with Gasteiger partial charge < -0.3 is 207 Å². The summed E-state index contributed by atoms with van der Waals surface area (Å²) in [5, 5.41) is 20.0. The maximum absolute atomic E-state index is 11.0. The van der Waals surface area contributed by atoms with E-state index in [2.05, 4.69) is 45.5 Å². The van der Waals surface area contributed by atoms with Gasteiger partial charge in [-0.05, 0) is 13.3 Å². The van der Waals surface area contributed by atoms with Crippen LogP contribution >= 0.6 is 0 Å². The summed E-state index contributed by atoms with van der Waals surface area (Å²) in [5.41, 5.74) is -2.98. The van der Waals surface area contributed by atoms with E-state index in [1.54, 1.807) is 7.11 Å². The number of methoxy groups -OCH3 is 1. The molecule has 0 heterocycles. The number of hydrogen-bond donors (Lipinski definition) is 6. The molecule has 0 aliphatic carbocycles. The van der Waals surface area contributed by atoms with Crippen LogP contribution in [-0.2, 0) is 214 Å². The molecule has 6 N–H and O–H groups in total. The summed E-state index contributed by atoms with van der Waals surface area (Å²) in [7, 11) is 1.59. The number of aliphatic hydroxyl groups excluding tert-OH is 3. The molecule has 0 saturated carbocycles. The number of amides is 3. The van der Waals surface area contributed by atoms with E-state index in [9.17, 15) is 57.5 Å². The number of esters is 1. The van der Waals surface area contributed by atoms with Gasteiger partial charge in [-0.15, -0.1) is 0 Å². The number of carbonyl (C=O) groups is 12. The van der Waals surface area contributed by atoms with Crippen LogP contribution in [0.4, 0.5) is 0 Å². The van der Waals surface area contributed by atoms with Crippen molar-refractivity contribution in [3.05, 3.63) is 0 Å². The Morgan fingerprint density at radius 1 is 0.271 bits per heavy atom. The van der Waals surface area contributed by atoms with E-state index in [1.165, 1.54) is 20.8 Å². The molecule has 140 heavy (non-hydrogen) atoms. The second kappa shape index (κ2) is 116. The summed E-state index contributed by atoms with van der Waals surface area (Å²) in [4.78, 5) is 128. The number of ketones is 1. The van der Waals surface area contributed by atoms with Crippen molar-refractivity contribution in [2.75, 3.05) is 450 Å². The first-order valence-electron chi connectivity index (χ1n) is 51.1. The highest BCUT2D eigenvalue weighted by molar-refractivity contribution is 5.76. The third-order valence-electron chi connectivity index (χ3n) is 16.7. The summed E-state index contributed by atoms with van der Waals surface area (Å²) in [6.07, 6.45) is -7.75. The fourth-order valence-corrected chi connectivity index (χ4v) is 10.3. The van der Waals surface area contributed by atoms with Gasteiger partial charge in [0.05, 0.1) is 385 Å². The molecular formula is C89H165N3O48. The fraction of sp³-hybridized carbons (Fsp3) is 0.865. The number of rotatable bonds is 113. The first kappa shape index (κ1) is 117. The van der Waals surface area contributed by atoms with Gasteiger partial charge in [0.15, 0.2) is 9.90 Å². The van der Waals surface area contributed by atoms with E-state index >= 15 is 0 Å². The molecule has 0 aromatic carbocycles. The van der Waals surface area contributed by atoms with Crippen molar-refractivity contribution in [3.8, 4) is 0 Å². The fourth-order valence-electron chi connectivity index (χ4n) is 10.3. The lowest BCUT2D eigenvalue weighted by Crippen LogP contribution is -2.43. The molecule has 0 aliphatic heterocycles. The standard InChI is InChI=1S/C27H51N3O12.C26H46O16.C22H38O12.C14H30O8/c1-26(34)30-6-11-38-15-19-42-23-27(20-39-16-12-35-8-3-2-7-31,21-40-17-13-36-9-4-28-24-32)22-41-18-14-37-10-5-29-25-33;1-25(30)42-17-16-34-5-12-38-21-26(18-35-9-2-31-6-13-39-22-27,19-36-10-3-32-7-14-40-23-28)20-37-11-4-33-8-15-41-24-29;1-21(26)16-30-11-15-34-20-22(17-31-12-8-27-5-2-23,18-32-13-9-28-6-3-24)19-33-14-10-29-7-4-25;1-18-8-9-22-13-14(10-19-5-2-15,11-20-6-3-16)12-21-7-4-17/h7,24-25H,2-6,8-23H2,1H3,(H,28,32)(H,29,33)(H,30,34);22-24H,2-21H2,1H3;2-4H,5-20H2,1H3;15-17H,2-13H2,1H3/i7D,24D,25D;22D,23D,24D;2D,3D,4D;15D,16D,17D. The zero-order chi connectivity index (χ0) is 113. The van der Waals surface area contributed by atoms with E-state index in [0.29, 0.717) is 59.2 Å². The van der Waals surface area contributed by atoms with Gasteiger partial charge in [-0.25, -0.2) is 0 Å². The Bertz CT molecular complexity index is 2750. The SMILES string of the molecule is [2H]C(=O)CCCOCCOCC(COCCOCCNC([2H])=O)(COCCOCCNC([2H])=O)COCCOCCNC(C)=O.[2H]C(=O)COCCOCC(COCCOCC([2H])=O)(COCCOCC([2H])=O)COCCOCC(C)=O.[2H]C(=O)OCCOCCOCC(COCCOCCOC([2H])=O)(COCCOCCOC([2H])=O)COCCOCCOC(C)=O.[2H]OCCOCC(COCCO[2H])(COCCO[2H])COCCOC. The molecule has 0 unspecified atom stereocenters. The molecule has 0 aromatic rings. The zero-order valence-electron chi connectivity index (χ0n) is 93.9. The molecule has 0 atom stereocenters. The molecule has 51 nitrogen and oxygen atoms in total. The molecule has 0 radical (unpaired) electrons. The van der Waals surface area contributed by atoms with Crippen molar-refractivity contribution in [3.63, 3.8) is 0 Å². The van der Waals surface area contributed by atoms with Gasteiger partial charge in [0.25, 0.3) is 19.3 Å². The number of aliphatic hydroxyl groups is 3. The maximum atomic E-state index is 11.0. The van der Waals surface area contributed by atoms with Gasteiger partial charge >= 0.3 is 5.97 Å². The largest absolute Gasteiger partial charge is 0.465 e. The minimum absolute atomic E-state index is 0.0215. The highest BCUT2D eigenvalue weighted by atomic mass is 16.6. The van der Waals surface area contributed by atoms with Crippen molar-refractivity contribution in [1.82, 2.24) is 16.0 Å². The predicted octanol–water partition coefficient (Wildman–Crippen LogP) is -4.15. The Morgan fingerprint density at radius 3 is 0.750 bits per heavy atom. The minimum atomic E-state index is -1.14. The van der Waals surface area contributed by atoms with Gasteiger partial charge in [0.2, 0.25) is 23.0 Å². The van der Waals surface area contributed by atoms with Gasteiger partial charge in [0, 0.05) is 53.6 Å². The number of ether oxygens (including phenoxy) is 33. The molecule has 51 heteroatoms. The van der Waals surface area contributed by atoms with Crippen LogP contribution in [0, 0.1) is 21.7 Å². The van der Waals surface area contributed by atoms with E-state index in [1.807, 2.05) is 0 Å². The second-order valence-corrected chi connectivity index (χ2v) is 29.1. The van der Waals surface area contributed by atoms with Crippen molar-refractivity contribution >= 4 is 74.8 Å². The Hall–Kier alpha value is -6.64. The molecule has 0 aromatic heterocycles. The van der Waals surface area contributed by atoms with Crippen LogP contribution in [0.15, 0.2) is 0 Å². The zero-order valence-corrected chi connectivity index (χ0v) is 81.9. The van der Waals surface area contributed by atoms with E-state index in [4.69, 9.17) is 159 Å². The van der Waals surface area contributed by atoms with Crippen molar-refractivity contribution < 1.29 is 242 Å². The molecule has 3 amide bonds. The van der Waals surface area contributed by atoms with Gasteiger partial charge in [0.1, 0.15) is 86.1 Å². The summed E-state index contributed by atoms with van der Waals surface area (Å²) in [5.74, 6) is -0.643. The quantitative estimate of drug-likeness (QED) is 0.0146. The molecule has 0 bridgehead atoms. The Labute approximate surface area is 839 Å². The smallest absolute Gasteiger partial charge is 0.302 e. The Kier molecular flexibility index (Phi) is 96.8. The maximum Gasteiger partial charge on any atom is 0.302 e. The third kappa shape index (κ3) is 106. The van der Waals surface area contributed by atoms with E-state index in [0.717, 1.165) is 0 Å². The summed E-state index contributed by atoms with van der Waals surface area (Å²) < 4.78 is 260. The minimum Gasteiger partial charge on any atom is -0.465 e. The lowest BCUT2D eigenvalue weighted by atomic mass is 9.92. The highest BCUT2D eigenvalue weighted by Crippen LogP contribution is 2.25. The van der Waals surface area contributed by atoms with Crippen LogP contribution < -0.4 is 16.0 Å². The monoisotopic (exact) mass is 2060 g/mol. The Balaban J connectivity index is -0.000000980. The van der Waals surface area contributed by atoms with Crippen LogP contribution in [0.2, 0.25) is 0 Å². The van der Waals surface area contributed by atoms with Crippen molar-refractivity contribution in [2.24, 2.45) is 21.7 Å². The molecule has 0 rings (SSSR count). The van der Waals surface area contributed by atoms with Crippen LogP contribution in [0.3, 0.4) is 0 Å². The van der Waals surface area contributed by atoms with Gasteiger partial charge in [-0.3, -0.25) is 38.4 Å². The number of aldehydes is 4. The summed E-state index contributed by atoms with van der Waals surface area (Å²) in [6, 6.07) is 0. The molecular weight excluding hydrogens is 1880 g/mol. The lowest BCUT2D eigenvalue weighted by Gasteiger charge is -2.33. The van der Waals surface area contributed by atoms with E-state index in [-0.39, 0.29) is 408 Å². The molecule has 0 saturated heterocycles.